The van der Waals surface area contributed by atoms with Gasteiger partial charge in [-0.2, -0.15) is 13.2 Å². The van der Waals surface area contributed by atoms with Crippen LogP contribution in [0.2, 0.25) is 5.02 Å². The molecule has 2 saturated heterocycles. The highest BCUT2D eigenvalue weighted by Crippen LogP contribution is 2.39. The van der Waals surface area contributed by atoms with E-state index >= 15 is 0 Å². The van der Waals surface area contributed by atoms with Crippen LogP contribution in [0.4, 0.5) is 17.6 Å². The molecule has 8 atom stereocenters. The van der Waals surface area contributed by atoms with E-state index in [0.29, 0.717) is 61.3 Å². The van der Waals surface area contributed by atoms with E-state index in [4.69, 9.17) is 11.6 Å². The molecule has 2 unspecified atom stereocenters. The van der Waals surface area contributed by atoms with Crippen LogP contribution in [0.1, 0.15) is 141 Å². The van der Waals surface area contributed by atoms with E-state index in [2.05, 4.69) is 119 Å². The van der Waals surface area contributed by atoms with Crippen molar-refractivity contribution in [3.8, 4) is 0 Å². The molecule has 456 valence electrons. The Morgan fingerprint density at radius 2 is 1.59 bits per heavy atom. The second-order valence-corrected chi connectivity index (χ2v) is 26.2. The monoisotopic (exact) mass is 1150 g/mol. The molecule has 81 heavy (non-hydrogen) atoms. The fraction of sp³-hybridized carbons (Fsp3) is 0.723. The number of rotatable bonds is 8. The van der Waals surface area contributed by atoms with Gasteiger partial charge in [0.15, 0.2) is 0 Å². The summed E-state index contributed by atoms with van der Waals surface area (Å²) in [5.74, 6) is 1.71. The first-order chi connectivity index (χ1) is 38.8. The zero-order chi connectivity index (χ0) is 58.1. The van der Waals surface area contributed by atoms with Crippen molar-refractivity contribution < 1.29 is 17.6 Å². The number of hydrogen-bond acceptors (Lipinski definition) is 11. The van der Waals surface area contributed by atoms with E-state index in [1.165, 1.54) is 82.2 Å². The minimum Gasteiger partial charge on any atom is -0.387 e. The Hall–Kier alpha value is -3.41. The van der Waals surface area contributed by atoms with Crippen LogP contribution in [-0.2, 0) is 19.0 Å². The second kappa shape index (κ2) is 31.6. The number of likely N-dealkylation sites (N-methyl/N-ethyl adjacent to an activating group) is 3. The molecule has 3 heterocycles. The average Bonchev–Trinajstić information content (AvgIpc) is 4.33. The number of nitrogens with zero attached hydrogens (tertiary/aromatic N) is 6. The Labute approximate surface area is 492 Å². The predicted molar refractivity (Wildman–Crippen MR) is 328 cm³/mol. The maximum absolute atomic E-state index is 14.6. The van der Waals surface area contributed by atoms with Crippen LogP contribution in [0.15, 0.2) is 78.7 Å². The van der Waals surface area contributed by atoms with Crippen molar-refractivity contribution >= 4 is 11.6 Å². The lowest BCUT2D eigenvalue weighted by Gasteiger charge is -2.45. The SMILES string of the molecule is CC[C@H](C)[C@H]1CN(C)CCN2CCCC2=CN(C)C(Cc2cccc(F)c2)=CN(C)C=CN[C@@H](CCc2ccc(C(F)(F)F)c(Cl)c2)CCNCCNCC2(CCCC2)NC(C)[C@H](C2CCCC2)N2C[C@H](C)CC2CN(C)[C@@H](C)CN1. The topological polar surface area (TPSA) is 79.6 Å². The summed E-state index contributed by atoms with van der Waals surface area (Å²) >= 11 is 6.19. The summed E-state index contributed by atoms with van der Waals surface area (Å²) in [5.41, 5.74) is 3.28. The number of fused-ring (bicyclic) bond motifs is 2. The lowest BCUT2D eigenvalue weighted by Crippen LogP contribution is -2.62. The zero-order valence-corrected chi connectivity index (χ0v) is 52.0. The molecule has 0 bridgehead atoms. The summed E-state index contributed by atoms with van der Waals surface area (Å²) in [4.78, 5) is 15.0. The Kier molecular flexibility index (Phi) is 25.5. The molecule has 0 radical (unpaired) electrons. The molecule has 7 rings (SSSR count). The van der Waals surface area contributed by atoms with Crippen LogP contribution in [0.25, 0.3) is 0 Å². The number of nitrogens with one attached hydrogen (secondary N) is 5. The summed E-state index contributed by atoms with van der Waals surface area (Å²) in [6.07, 6.45) is 21.3. The van der Waals surface area contributed by atoms with Crippen LogP contribution in [0.5, 0.6) is 0 Å². The van der Waals surface area contributed by atoms with Crippen LogP contribution >= 0.6 is 11.6 Å². The zero-order valence-electron chi connectivity index (χ0n) is 51.2. The molecule has 2 aromatic carbocycles. The third-order valence-corrected chi connectivity index (χ3v) is 19.4. The van der Waals surface area contributed by atoms with Gasteiger partial charge in [0.05, 0.1) is 10.6 Å². The molecule has 11 nitrogen and oxygen atoms in total. The highest BCUT2D eigenvalue weighted by Gasteiger charge is 2.45. The summed E-state index contributed by atoms with van der Waals surface area (Å²) in [6.45, 7) is 22.8. The van der Waals surface area contributed by atoms with Crippen LogP contribution in [0, 0.1) is 23.6 Å². The summed E-state index contributed by atoms with van der Waals surface area (Å²) < 4.78 is 55.5. The van der Waals surface area contributed by atoms with Gasteiger partial charge in [-0.1, -0.05) is 82.7 Å². The number of hydrogen-bond donors (Lipinski definition) is 5. The van der Waals surface area contributed by atoms with E-state index < -0.39 is 11.7 Å². The van der Waals surface area contributed by atoms with Gasteiger partial charge in [0, 0.05) is 164 Å². The maximum Gasteiger partial charge on any atom is 0.417 e. The average molecular weight is 1150 g/mol. The number of aryl methyl sites for hydroxylation is 1. The number of halogens is 5. The van der Waals surface area contributed by atoms with Gasteiger partial charge in [0.2, 0.25) is 0 Å². The first-order valence-electron chi connectivity index (χ1n) is 31.5. The van der Waals surface area contributed by atoms with E-state index in [0.717, 1.165) is 120 Å². The maximum atomic E-state index is 14.6. The van der Waals surface area contributed by atoms with E-state index in [-0.39, 0.29) is 22.4 Å². The Morgan fingerprint density at radius 3 is 2.32 bits per heavy atom. The Bertz CT molecular complexity index is 2280. The summed E-state index contributed by atoms with van der Waals surface area (Å²) in [7, 11) is 8.77. The third kappa shape index (κ3) is 19.8. The molecular formula is C65H106ClF4N11. The molecule has 0 aromatic heterocycles. The molecule has 2 saturated carbocycles. The van der Waals surface area contributed by atoms with Gasteiger partial charge in [-0.25, -0.2) is 4.39 Å². The summed E-state index contributed by atoms with van der Waals surface area (Å²) in [5, 5.41) is 19.5. The smallest absolute Gasteiger partial charge is 0.387 e. The Morgan fingerprint density at radius 1 is 0.827 bits per heavy atom. The highest BCUT2D eigenvalue weighted by atomic mass is 35.5. The number of alkyl halides is 3. The van der Waals surface area contributed by atoms with Crippen LogP contribution in [-0.4, -0.2) is 171 Å². The predicted octanol–water partition coefficient (Wildman–Crippen LogP) is 11.1. The van der Waals surface area contributed by atoms with Gasteiger partial charge in [-0.3, -0.25) is 4.90 Å². The van der Waals surface area contributed by atoms with E-state index in [1.807, 2.05) is 30.4 Å². The molecular weight excluding hydrogens is 1050 g/mol. The Balaban J connectivity index is 1.11. The van der Waals surface area contributed by atoms with Crippen LogP contribution in [0.3, 0.4) is 0 Å². The van der Waals surface area contributed by atoms with Gasteiger partial charge in [0.25, 0.3) is 0 Å². The quantitative estimate of drug-likeness (QED) is 0.164. The molecule has 1 spiro atoms. The lowest BCUT2D eigenvalue weighted by atomic mass is 9.87. The van der Waals surface area contributed by atoms with Gasteiger partial charge >= 0.3 is 6.18 Å². The molecule has 0 amide bonds. The molecule has 16 heteroatoms. The normalized spacial score (nSPS) is 28.6. The molecule has 2 aromatic rings. The lowest BCUT2D eigenvalue weighted by molar-refractivity contribution is -0.137. The van der Waals surface area contributed by atoms with Crippen molar-refractivity contribution in [1.29, 1.82) is 0 Å². The van der Waals surface area contributed by atoms with Crippen molar-refractivity contribution in [3.63, 3.8) is 0 Å². The number of allylic oxidation sites excluding steroid dienone is 2. The summed E-state index contributed by atoms with van der Waals surface area (Å²) in [6, 6.07) is 13.3. The van der Waals surface area contributed by atoms with E-state index in [1.54, 1.807) is 18.2 Å². The fourth-order valence-electron chi connectivity index (χ4n) is 14.1. The first-order valence-corrected chi connectivity index (χ1v) is 31.9. The molecule has 5 aliphatic rings. The minimum absolute atomic E-state index is 0.0361. The molecule has 5 N–H and O–H groups in total. The van der Waals surface area contributed by atoms with Crippen LogP contribution < -0.4 is 26.6 Å². The second-order valence-electron chi connectivity index (χ2n) is 25.8. The number of benzene rings is 2. The van der Waals surface area contributed by atoms with E-state index in [9.17, 15) is 17.6 Å². The van der Waals surface area contributed by atoms with Gasteiger partial charge in [-0.15, -0.1) is 0 Å². The molecule has 3 aliphatic heterocycles. The van der Waals surface area contributed by atoms with Crippen molar-refractivity contribution in [3.05, 3.63) is 106 Å². The largest absolute Gasteiger partial charge is 0.417 e. The van der Waals surface area contributed by atoms with Crippen molar-refractivity contribution in [2.75, 3.05) is 100 Å². The molecule has 4 fully saturated rings. The van der Waals surface area contributed by atoms with Crippen molar-refractivity contribution in [2.24, 2.45) is 17.8 Å². The molecule has 2 aliphatic carbocycles. The standard InChI is InChI=1S/C65H106ClF4N11/c1-10-49(3)62-46-77(7)35-36-80-33-16-21-57(80)44-79(9)58(39-53-17-15-20-55(67)38-53)43-76(6)34-32-73-56(24-22-52-23-25-60(61(66)40-52)65(68,69)70)26-29-71-30-31-72-47-64(27-13-14-28-64)75-51(5)63(54-18-11-12-19-54)81-42-48(2)37-59(81)45-78(8)50(4)41-74-62/h15,17,20,23,25,32,34,38,40,43-44,48-51,54,56,59,62-63,71-75H,10-14,16,18-19,21-22,24,26-31,33,35-37,39,41-42,45-47H2,1-9H3/t48-,49+,50+,51?,56+,59?,62-,63-/m1/s1. The van der Waals surface area contributed by atoms with Gasteiger partial charge in [-0.05, 0) is 152 Å². The van der Waals surface area contributed by atoms with Gasteiger partial charge in [0.1, 0.15) is 5.82 Å². The van der Waals surface area contributed by atoms with Crippen molar-refractivity contribution in [1.82, 2.24) is 56.0 Å². The van der Waals surface area contributed by atoms with Crippen molar-refractivity contribution in [2.45, 2.75) is 185 Å². The highest BCUT2D eigenvalue weighted by molar-refractivity contribution is 6.31. The first kappa shape index (κ1) is 65.1. The third-order valence-electron chi connectivity index (χ3n) is 19.1. The minimum atomic E-state index is -4.50. The van der Waals surface area contributed by atoms with Gasteiger partial charge < -0.3 is 51.1 Å². The fourth-order valence-corrected chi connectivity index (χ4v) is 14.4.